The normalized spacial score (nSPS) is 12.4. The zero-order valence-corrected chi connectivity index (χ0v) is 14.4. The molecule has 2 aromatic carbocycles. The van der Waals surface area contributed by atoms with Crippen molar-refractivity contribution >= 4 is 11.0 Å². The largest absolute Gasteiger partial charge is 0.392 e. The van der Waals surface area contributed by atoms with Crippen LogP contribution in [0.4, 0.5) is 0 Å². The number of pyridine rings is 1. The van der Waals surface area contributed by atoms with Crippen LogP contribution in [0.15, 0.2) is 73.2 Å². The quantitative estimate of drug-likeness (QED) is 0.600. The van der Waals surface area contributed by atoms with Gasteiger partial charge in [0.2, 0.25) is 0 Å². The van der Waals surface area contributed by atoms with E-state index in [2.05, 4.69) is 16.0 Å². The van der Waals surface area contributed by atoms with Crippen molar-refractivity contribution < 1.29 is 9.84 Å². The van der Waals surface area contributed by atoms with E-state index in [-0.39, 0.29) is 12.7 Å². The average molecular weight is 345 g/mol. The summed E-state index contributed by atoms with van der Waals surface area (Å²) in [5.74, 6) is 0. The van der Waals surface area contributed by atoms with Crippen LogP contribution in [-0.4, -0.2) is 26.8 Å². The number of hydrogen-bond acceptors (Lipinski definition) is 4. The van der Waals surface area contributed by atoms with Gasteiger partial charge in [-0.1, -0.05) is 24.3 Å². The maximum Gasteiger partial charge on any atom is 0.124 e. The fourth-order valence-corrected chi connectivity index (χ4v) is 3.16. The molecule has 0 aliphatic rings. The summed E-state index contributed by atoms with van der Waals surface area (Å²) < 4.78 is 7.73. The third kappa shape index (κ3) is 2.98. The summed E-state index contributed by atoms with van der Waals surface area (Å²) in [4.78, 5) is 8.88. The first-order valence-electron chi connectivity index (χ1n) is 8.41. The van der Waals surface area contributed by atoms with Gasteiger partial charge in [0.25, 0.3) is 0 Å². The number of aliphatic hydroxyl groups excluding tert-OH is 1. The van der Waals surface area contributed by atoms with Crippen molar-refractivity contribution in [3.63, 3.8) is 0 Å². The first-order valence-corrected chi connectivity index (χ1v) is 8.41. The summed E-state index contributed by atoms with van der Waals surface area (Å²) in [5.41, 5.74) is 5.60. The van der Waals surface area contributed by atoms with Gasteiger partial charge in [-0.3, -0.25) is 9.55 Å². The van der Waals surface area contributed by atoms with Crippen LogP contribution >= 0.6 is 0 Å². The second kappa shape index (κ2) is 7.07. The van der Waals surface area contributed by atoms with Crippen LogP contribution < -0.4 is 0 Å². The van der Waals surface area contributed by atoms with Crippen molar-refractivity contribution in [2.75, 3.05) is 7.11 Å². The van der Waals surface area contributed by atoms with Crippen LogP contribution in [0.25, 0.3) is 16.7 Å². The van der Waals surface area contributed by atoms with E-state index >= 15 is 0 Å². The summed E-state index contributed by atoms with van der Waals surface area (Å²) >= 11 is 0. The molecule has 0 radical (unpaired) electrons. The molecule has 0 amide bonds. The molecule has 0 fully saturated rings. The molecular weight excluding hydrogens is 326 g/mol. The van der Waals surface area contributed by atoms with Crippen molar-refractivity contribution in [2.45, 2.75) is 12.7 Å². The number of ether oxygens (including phenoxy) is 1. The Morgan fingerprint density at radius 3 is 2.73 bits per heavy atom. The van der Waals surface area contributed by atoms with Gasteiger partial charge in [-0.25, -0.2) is 4.98 Å². The van der Waals surface area contributed by atoms with Crippen molar-refractivity contribution in [1.29, 1.82) is 0 Å². The molecule has 5 heteroatoms. The number of imidazole rings is 1. The highest BCUT2D eigenvalue weighted by Crippen LogP contribution is 2.27. The van der Waals surface area contributed by atoms with Gasteiger partial charge >= 0.3 is 0 Å². The molecule has 2 heterocycles. The third-order valence-corrected chi connectivity index (χ3v) is 4.44. The minimum atomic E-state index is -0.230. The highest BCUT2D eigenvalue weighted by atomic mass is 16.5. The summed E-state index contributed by atoms with van der Waals surface area (Å²) in [7, 11) is 1.69. The first-order chi connectivity index (χ1) is 12.8. The van der Waals surface area contributed by atoms with Gasteiger partial charge in [0.1, 0.15) is 12.4 Å². The number of hydrogen-bond donors (Lipinski definition) is 1. The fourth-order valence-electron chi connectivity index (χ4n) is 3.16. The van der Waals surface area contributed by atoms with Crippen molar-refractivity contribution in [3.8, 4) is 5.69 Å². The van der Waals surface area contributed by atoms with Gasteiger partial charge in [-0.2, -0.15) is 0 Å². The van der Waals surface area contributed by atoms with Crippen LogP contribution in [0.5, 0.6) is 0 Å². The van der Waals surface area contributed by atoms with Gasteiger partial charge < -0.3 is 9.84 Å². The number of benzene rings is 2. The van der Waals surface area contributed by atoms with E-state index in [1.54, 1.807) is 19.6 Å². The predicted molar refractivity (Wildman–Crippen MR) is 100 cm³/mol. The second-order valence-electron chi connectivity index (χ2n) is 6.06. The highest BCUT2D eigenvalue weighted by Gasteiger charge is 2.15. The minimum absolute atomic E-state index is 0.0118. The lowest BCUT2D eigenvalue weighted by Gasteiger charge is -2.16. The van der Waals surface area contributed by atoms with Gasteiger partial charge in [0.05, 0.1) is 23.3 Å². The van der Waals surface area contributed by atoms with Crippen molar-refractivity contribution in [3.05, 3.63) is 90.0 Å². The highest BCUT2D eigenvalue weighted by molar-refractivity contribution is 5.78. The summed E-state index contributed by atoms with van der Waals surface area (Å²) in [6.45, 7) is 0.0118. The molecule has 2 aromatic heterocycles. The molecule has 1 unspecified atom stereocenters. The maximum absolute atomic E-state index is 9.30. The number of nitrogens with zero attached hydrogens (tertiary/aromatic N) is 3. The lowest BCUT2D eigenvalue weighted by Crippen LogP contribution is -2.06. The smallest absolute Gasteiger partial charge is 0.124 e. The lowest BCUT2D eigenvalue weighted by molar-refractivity contribution is 0.133. The van der Waals surface area contributed by atoms with E-state index in [1.165, 1.54) is 0 Å². The summed E-state index contributed by atoms with van der Waals surface area (Å²) in [6.07, 6.45) is 3.34. The van der Waals surface area contributed by atoms with E-state index in [0.717, 1.165) is 33.5 Å². The molecule has 4 rings (SSSR count). The molecule has 0 aliphatic carbocycles. The molecule has 130 valence electrons. The van der Waals surface area contributed by atoms with Crippen LogP contribution in [0.2, 0.25) is 0 Å². The predicted octanol–water partition coefficient (Wildman–Crippen LogP) is 3.65. The molecular formula is C21H19N3O2. The molecule has 0 spiro atoms. The Bertz CT molecular complexity index is 1030. The van der Waals surface area contributed by atoms with E-state index in [9.17, 15) is 5.11 Å². The van der Waals surface area contributed by atoms with Gasteiger partial charge in [-0.15, -0.1) is 0 Å². The Morgan fingerprint density at radius 2 is 1.96 bits per heavy atom. The minimum Gasteiger partial charge on any atom is -0.392 e. The molecule has 0 bridgehead atoms. The molecule has 1 N–H and O–H groups in total. The molecule has 0 saturated carbocycles. The average Bonchev–Trinajstić information content (AvgIpc) is 3.13. The molecule has 0 aliphatic heterocycles. The molecule has 5 nitrogen and oxygen atoms in total. The van der Waals surface area contributed by atoms with Crippen LogP contribution in [0.1, 0.15) is 22.9 Å². The monoisotopic (exact) mass is 345 g/mol. The Labute approximate surface area is 151 Å². The number of aliphatic hydroxyl groups is 1. The topological polar surface area (TPSA) is 60.2 Å². The van der Waals surface area contributed by atoms with E-state index in [1.807, 2.05) is 59.2 Å². The van der Waals surface area contributed by atoms with Crippen LogP contribution in [0, 0.1) is 0 Å². The van der Waals surface area contributed by atoms with Gasteiger partial charge in [0, 0.05) is 19.0 Å². The second-order valence-corrected chi connectivity index (χ2v) is 6.06. The van der Waals surface area contributed by atoms with Gasteiger partial charge in [0.15, 0.2) is 0 Å². The summed E-state index contributed by atoms with van der Waals surface area (Å²) in [5, 5.41) is 9.30. The van der Waals surface area contributed by atoms with E-state index in [0.29, 0.717) is 0 Å². The zero-order valence-electron chi connectivity index (χ0n) is 14.4. The Morgan fingerprint density at radius 1 is 1.04 bits per heavy atom. The number of rotatable bonds is 5. The number of methoxy groups -OCH3 is 1. The van der Waals surface area contributed by atoms with E-state index < -0.39 is 0 Å². The lowest BCUT2D eigenvalue weighted by atomic mass is 10.0. The maximum atomic E-state index is 9.30. The van der Waals surface area contributed by atoms with Gasteiger partial charge in [-0.05, 0) is 47.5 Å². The van der Waals surface area contributed by atoms with Crippen molar-refractivity contribution in [1.82, 2.24) is 14.5 Å². The standard InChI is InChI=1S/C21H19N3O2/c1-26-21(18-7-2-3-10-22-18)16-5-4-6-17(12-16)24-14-23-19-11-15(13-25)8-9-20(19)24/h2-12,14,21,25H,13H2,1H3. The molecule has 4 aromatic rings. The Kier molecular flexibility index (Phi) is 4.48. The van der Waals surface area contributed by atoms with Crippen LogP contribution in [-0.2, 0) is 11.3 Å². The summed E-state index contributed by atoms with van der Waals surface area (Å²) in [6, 6.07) is 19.8. The molecule has 26 heavy (non-hydrogen) atoms. The Balaban J connectivity index is 1.76. The van der Waals surface area contributed by atoms with Crippen LogP contribution in [0.3, 0.4) is 0 Å². The Hall–Kier alpha value is -3.02. The third-order valence-electron chi connectivity index (χ3n) is 4.44. The van der Waals surface area contributed by atoms with E-state index in [4.69, 9.17) is 4.74 Å². The SMILES string of the molecule is COC(c1cccc(-n2cnc3cc(CO)ccc32)c1)c1ccccn1. The first kappa shape index (κ1) is 16.4. The fraction of sp³-hybridized carbons (Fsp3) is 0.143. The zero-order chi connectivity index (χ0) is 17.9. The number of aromatic nitrogens is 3. The van der Waals surface area contributed by atoms with Crippen molar-refractivity contribution in [2.24, 2.45) is 0 Å². The number of fused-ring (bicyclic) bond motifs is 1. The molecule has 0 saturated heterocycles. The molecule has 1 atom stereocenters.